The van der Waals surface area contributed by atoms with Gasteiger partial charge in [-0.25, -0.2) is 9.59 Å². The topological polar surface area (TPSA) is 163 Å². The maximum Gasteiger partial charge on any atom is 0.329 e. The molecular weight excluding hydrogens is 638 g/mol. The third-order valence-corrected chi connectivity index (χ3v) is 9.76. The number of urea groups is 1. The van der Waals surface area contributed by atoms with Crippen LogP contribution in [-0.2, 0) is 35.3 Å². The number of nitrogens with one attached hydrogen (secondary N) is 4. The number of likely N-dealkylation sites (N-methyl/N-ethyl adjacent to an activating group) is 1. The molecule has 1 heterocycles. The first-order valence-electron chi connectivity index (χ1n) is 17.9. The minimum Gasteiger partial charge on any atom is -0.459 e. The van der Waals surface area contributed by atoms with Crippen molar-refractivity contribution < 1.29 is 33.5 Å². The number of carbonyl (C=O) groups excluding carboxylic acids is 6. The predicted molar refractivity (Wildman–Crippen MR) is 190 cm³/mol. The largest absolute Gasteiger partial charge is 0.459 e. The third-order valence-electron chi connectivity index (χ3n) is 9.76. The van der Waals surface area contributed by atoms with Gasteiger partial charge in [0.25, 0.3) is 5.91 Å². The number of ketones is 1. The van der Waals surface area contributed by atoms with E-state index >= 15 is 0 Å². The zero-order valence-electron chi connectivity index (χ0n) is 31.4. The summed E-state index contributed by atoms with van der Waals surface area (Å²) >= 11 is 0. The molecule has 1 unspecified atom stereocenters. The van der Waals surface area contributed by atoms with Crippen molar-refractivity contribution in [2.24, 2.45) is 28.6 Å². The van der Waals surface area contributed by atoms with Gasteiger partial charge in [-0.3, -0.25) is 19.2 Å². The smallest absolute Gasteiger partial charge is 0.329 e. The fourth-order valence-electron chi connectivity index (χ4n) is 6.47. The van der Waals surface area contributed by atoms with Crippen LogP contribution in [0.3, 0.4) is 0 Å². The van der Waals surface area contributed by atoms with Crippen molar-refractivity contribution in [3.8, 4) is 0 Å². The lowest BCUT2D eigenvalue weighted by Crippen LogP contribution is -2.61. The lowest BCUT2D eigenvalue weighted by molar-refractivity contribution is -0.148. The molecule has 1 aromatic rings. The average molecular weight is 698 g/mol. The molecule has 12 heteroatoms. The Labute approximate surface area is 297 Å². The predicted octanol–water partition coefficient (Wildman–Crippen LogP) is 4.11. The van der Waals surface area contributed by atoms with E-state index in [2.05, 4.69) is 21.3 Å². The Hall–Kier alpha value is -3.96. The van der Waals surface area contributed by atoms with E-state index in [0.717, 1.165) is 24.8 Å². The van der Waals surface area contributed by atoms with E-state index in [1.807, 2.05) is 85.7 Å². The summed E-state index contributed by atoms with van der Waals surface area (Å²) in [5.74, 6) is -2.60. The molecule has 1 aliphatic carbocycles. The van der Waals surface area contributed by atoms with Crippen molar-refractivity contribution in [2.45, 2.75) is 125 Å². The Bertz CT molecular complexity index is 1360. The highest BCUT2D eigenvalue weighted by Crippen LogP contribution is 2.34. The van der Waals surface area contributed by atoms with Gasteiger partial charge in [0.2, 0.25) is 17.6 Å². The summed E-state index contributed by atoms with van der Waals surface area (Å²) in [6.07, 6.45) is 3.94. The molecule has 0 bridgehead atoms. The lowest BCUT2D eigenvalue weighted by atomic mass is 9.80. The molecule has 0 spiro atoms. The number of rotatable bonds is 14. The Balaban J connectivity index is 1.80. The fraction of sp³-hybridized carbons (Fsp3) is 0.684. The number of nitrogens with zero attached hydrogens (tertiary/aromatic N) is 1. The Morgan fingerprint density at radius 3 is 2.06 bits per heavy atom. The molecule has 1 saturated heterocycles. The molecule has 2 aliphatic rings. The van der Waals surface area contributed by atoms with Gasteiger partial charge in [-0.05, 0) is 53.4 Å². The van der Waals surface area contributed by atoms with Crippen LogP contribution in [0.5, 0.6) is 0 Å². The third kappa shape index (κ3) is 11.6. The van der Waals surface area contributed by atoms with Crippen LogP contribution in [0.25, 0.3) is 0 Å². The van der Waals surface area contributed by atoms with Crippen LogP contribution >= 0.6 is 0 Å². The van der Waals surface area contributed by atoms with Gasteiger partial charge in [-0.1, -0.05) is 105 Å². The first-order chi connectivity index (χ1) is 23.3. The van der Waals surface area contributed by atoms with Gasteiger partial charge < -0.3 is 30.9 Å². The number of amides is 5. The number of esters is 1. The molecule has 1 aliphatic heterocycles. The van der Waals surface area contributed by atoms with Crippen molar-refractivity contribution in [3.63, 3.8) is 0 Å². The highest BCUT2D eigenvalue weighted by Gasteiger charge is 2.46. The fourth-order valence-corrected chi connectivity index (χ4v) is 6.47. The second kappa shape index (κ2) is 17.3. The van der Waals surface area contributed by atoms with Crippen molar-refractivity contribution in [2.75, 3.05) is 13.6 Å². The maximum atomic E-state index is 14.4. The van der Waals surface area contributed by atoms with Crippen LogP contribution in [0.2, 0.25) is 0 Å². The monoisotopic (exact) mass is 697 g/mol. The SMILES string of the molecule is CNC(=O)C(=O)C(CC1CCC1)NC(=O)[C@@H]1C[C@@H](C(C)C)CN1C(=O)[C@@H](NC(=O)N[C@@H](CC(C)(C)C)C(=O)OCc1ccccc1)C(C)(C)C. The number of hydrogen-bond acceptors (Lipinski definition) is 7. The Morgan fingerprint density at radius 1 is 0.900 bits per heavy atom. The number of carbonyl (C=O) groups is 6. The van der Waals surface area contributed by atoms with Crippen LogP contribution in [0.4, 0.5) is 4.79 Å². The number of ether oxygens (including phenoxy) is 1. The summed E-state index contributed by atoms with van der Waals surface area (Å²) < 4.78 is 5.57. The maximum absolute atomic E-state index is 14.4. The Kier molecular flexibility index (Phi) is 14.0. The van der Waals surface area contributed by atoms with Crippen molar-refractivity contribution in [1.82, 2.24) is 26.2 Å². The number of likely N-dealkylation sites (tertiary alicyclic amines) is 1. The first kappa shape index (κ1) is 40.5. The van der Waals surface area contributed by atoms with Crippen molar-refractivity contribution in [1.29, 1.82) is 0 Å². The minimum atomic E-state index is -1.06. The van der Waals surface area contributed by atoms with Gasteiger partial charge in [0.1, 0.15) is 24.7 Å². The van der Waals surface area contributed by atoms with Gasteiger partial charge in [0, 0.05) is 13.6 Å². The minimum absolute atomic E-state index is 0.000537. The first-order valence-corrected chi connectivity index (χ1v) is 17.9. The molecular formula is C38H59N5O7. The summed E-state index contributed by atoms with van der Waals surface area (Å²) in [5.41, 5.74) is -0.296. The molecule has 50 heavy (non-hydrogen) atoms. The summed E-state index contributed by atoms with van der Waals surface area (Å²) in [5, 5.41) is 10.8. The van der Waals surface area contributed by atoms with Crippen LogP contribution in [0, 0.1) is 28.6 Å². The van der Waals surface area contributed by atoms with Crippen molar-refractivity contribution >= 4 is 35.5 Å². The summed E-state index contributed by atoms with van der Waals surface area (Å²) in [7, 11) is 1.38. The molecule has 0 radical (unpaired) electrons. The number of Topliss-reactive ketones (excluding diaryl/α,β-unsaturated/α-hetero) is 1. The molecule has 2 fully saturated rings. The molecule has 4 N–H and O–H groups in total. The summed E-state index contributed by atoms with van der Waals surface area (Å²) in [6, 6.07) is 4.62. The lowest BCUT2D eigenvalue weighted by Gasteiger charge is -2.36. The number of benzene rings is 1. The molecule has 12 nitrogen and oxygen atoms in total. The molecule has 0 aromatic heterocycles. The van der Waals surface area contributed by atoms with Gasteiger partial charge >= 0.3 is 12.0 Å². The van der Waals surface area contributed by atoms with Crippen LogP contribution in [0.1, 0.15) is 99.5 Å². The van der Waals surface area contributed by atoms with Crippen LogP contribution in [0.15, 0.2) is 30.3 Å². The van der Waals surface area contributed by atoms with Crippen LogP contribution in [-0.4, -0.2) is 78.2 Å². The molecule has 5 amide bonds. The second-order valence-corrected chi connectivity index (χ2v) is 16.6. The molecule has 278 valence electrons. The standard InChI is InChI=1S/C38H59N5O7/c1-23(2)26-19-29(32(45)40-27(18-24-16-13-17-24)30(44)33(46)39-9)43(21-26)34(47)31(38(6,7)8)42-36(49)41-28(20-37(3,4)5)35(48)50-22-25-14-11-10-12-15-25/h10-12,14-15,23-24,26-29,31H,13,16-22H2,1-9H3,(H,39,46)(H,40,45)(H2,41,42,49)/t26-,27?,28+,29+,31-/m1/s1. The van der Waals surface area contributed by atoms with E-state index in [1.165, 1.54) is 11.9 Å². The van der Waals surface area contributed by atoms with Crippen molar-refractivity contribution in [3.05, 3.63) is 35.9 Å². The zero-order chi connectivity index (χ0) is 37.4. The summed E-state index contributed by atoms with van der Waals surface area (Å²) in [4.78, 5) is 81.9. The molecule has 5 atom stereocenters. The quantitative estimate of drug-likeness (QED) is 0.168. The summed E-state index contributed by atoms with van der Waals surface area (Å²) in [6.45, 7) is 15.7. The molecule has 3 rings (SSSR count). The van der Waals surface area contributed by atoms with Gasteiger partial charge in [-0.2, -0.15) is 0 Å². The Morgan fingerprint density at radius 2 is 1.54 bits per heavy atom. The van der Waals surface area contributed by atoms with E-state index in [0.29, 0.717) is 25.8 Å². The highest BCUT2D eigenvalue weighted by molar-refractivity contribution is 6.38. The van der Waals surface area contributed by atoms with E-state index in [1.54, 1.807) is 0 Å². The van der Waals surface area contributed by atoms with Gasteiger partial charge in [0.15, 0.2) is 0 Å². The number of hydrogen-bond donors (Lipinski definition) is 4. The van der Waals surface area contributed by atoms with Gasteiger partial charge in [0.05, 0.1) is 6.04 Å². The molecule has 1 aromatic carbocycles. The average Bonchev–Trinajstić information content (AvgIpc) is 3.48. The molecule has 1 saturated carbocycles. The van der Waals surface area contributed by atoms with Gasteiger partial charge in [-0.15, -0.1) is 0 Å². The van der Waals surface area contributed by atoms with E-state index in [4.69, 9.17) is 4.74 Å². The van der Waals surface area contributed by atoms with E-state index in [-0.39, 0.29) is 29.8 Å². The second-order valence-electron chi connectivity index (χ2n) is 16.6. The normalized spacial score (nSPS) is 19.8. The van der Waals surface area contributed by atoms with E-state index in [9.17, 15) is 28.8 Å². The van der Waals surface area contributed by atoms with E-state index < -0.39 is 65.1 Å². The highest BCUT2D eigenvalue weighted by atomic mass is 16.5. The zero-order valence-corrected chi connectivity index (χ0v) is 31.4. The van der Waals surface area contributed by atoms with Crippen LogP contribution < -0.4 is 21.3 Å².